The van der Waals surface area contributed by atoms with Crippen LogP contribution in [0.3, 0.4) is 0 Å². The minimum atomic E-state index is -3.07. The van der Waals surface area contributed by atoms with E-state index in [-0.39, 0.29) is 0 Å². The predicted molar refractivity (Wildman–Crippen MR) is 90.9 cm³/mol. The Kier molecular flexibility index (Phi) is 6.31. The van der Waals surface area contributed by atoms with E-state index in [1.54, 1.807) is 4.31 Å². The lowest BCUT2D eigenvalue weighted by Gasteiger charge is -2.34. The largest absolute Gasteiger partial charge is 0.379 e. The van der Waals surface area contributed by atoms with Crippen LogP contribution in [0.5, 0.6) is 0 Å². The van der Waals surface area contributed by atoms with Gasteiger partial charge in [0.1, 0.15) is 0 Å². The van der Waals surface area contributed by atoms with E-state index in [0.717, 1.165) is 84.2 Å². The Morgan fingerprint density at radius 2 is 1.74 bits per heavy atom. The summed E-state index contributed by atoms with van der Waals surface area (Å²) in [6, 6.07) is 0. The second kappa shape index (κ2) is 8.25. The van der Waals surface area contributed by atoms with Gasteiger partial charge in [-0.15, -0.1) is 0 Å². The third-order valence-electron chi connectivity index (χ3n) is 5.64. The quantitative estimate of drug-likeness (QED) is 0.753. The predicted octanol–water partition coefficient (Wildman–Crippen LogP) is 0.360. The Bertz CT molecular complexity index is 451. The topological polar surface area (TPSA) is 61.9 Å². The van der Waals surface area contributed by atoms with Crippen LogP contribution in [0.25, 0.3) is 0 Å². The van der Waals surface area contributed by atoms with Gasteiger partial charge in [0.05, 0.1) is 19.0 Å². The molecule has 7 heteroatoms. The van der Waals surface area contributed by atoms with Crippen LogP contribution in [-0.2, 0) is 14.8 Å². The normalized spacial score (nSPS) is 29.1. The molecular weight excluding hydrogens is 314 g/mol. The van der Waals surface area contributed by atoms with Crippen molar-refractivity contribution in [1.82, 2.24) is 14.5 Å². The van der Waals surface area contributed by atoms with Crippen molar-refractivity contribution < 1.29 is 13.2 Å². The Morgan fingerprint density at radius 1 is 1.00 bits per heavy atom. The molecule has 0 aromatic carbocycles. The van der Waals surface area contributed by atoms with Crippen molar-refractivity contribution in [2.24, 2.45) is 11.8 Å². The number of hydrogen-bond acceptors (Lipinski definition) is 5. The molecule has 134 valence electrons. The summed E-state index contributed by atoms with van der Waals surface area (Å²) in [5.74, 6) is 1.77. The fourth-order valence-corrected chi connectivity index (χ4v) is 5.65. The van der Waals surface area contributed by atoms with Gasteiger partial charge in [-0.3, -0.25) is 4.90 Å². The van der Waals surface area contributed by atoms with Crippen LogP contribution in [0.2, 0.25) is 0 Å². The number of ether oxygens (including phenoxy) is 1. The third kappa shape index (κ3) is 4.89. The highest BCUT2D eigenvalue weighted by Crippen LogP contribution is 2.30. The van der Waals surface area contributed by atoms with Crippen LogP contribution < -0.4 is 5.32 Å². The zero-order chi connectivity index (χ0) is 16.1. The number of sulfonamides is 1. The second-order valence-corrected chi connectivity index (χ2v) is 9.20. The van der Waals surface area contributed by atoms with Gasteiger partial charge in [0, 0.05) is 26.2 Å². The van der Waals surface area contributed by atoms with E-state index >= 15 is 0 Å². The van der Waals surface area contributed by atoms with Gasteiger partial charge in [-0.1, -0.05) is 0 Å². The lowest BCUT2D eigenvalue weighted by atomic mass is 9.84. The van der Waals surface area contributed by atoms with Crippen LogP contribution in [-0.4, -0.2) is 82.4 Å². The van der Waals surface area contributed by atoms with Gasteiger partial charge in [-0.05, 0) is 57.2 Å². The Hall–Kier alpha value is -0.210. The second-order valence-electron chi connectivity index (χ2n) is 7.11. The Morgan fingerprint density at radius 3 is 2.39 bits per heavy atom. The first-order valence-electron chi connectivity index (χ1n) is 9.14. The van der Waals surface area contributed by atoms with Gasteiger partial charge in [-0.25, -0.2) is 12.7 Å². The molecule has 3 aliphatic heterocycles. The van der Waals surface area contributed by atoms with E-state index in [9.17, 15) is 8.42 Å². The monoisotopic (exact) mass is 345 g/mol. The summed E-state index contributed by atoms with van der Waals surface area (Å²) in [5, 5.41) is 3.42. The van der Waals surface area contributed by atoms with Crippen molar-refractivity contribution in [3.8, 4) is 0 Å². The van der Waals surface area contributed by atoms with Crippen molar-refractivity contribution in [1.29, 1.82) is 0 Å². The zero-order valence-electron chi connectivity index (χ0n) is 14.1. The summed E-state index contributed by atoms with van der Waals surface area (Å²) in [6.07, 6.45) is 4.07. The standard InChI is InChI=1S/C16H31N3O3S/c20-23(21,13-1-6-18-9-11-22-12-10-18)19-7-3-15(4-8-19)16-2-5-17-14-16/h15-17H,1-14H2. The van der Waals surface area contributed by atoms with Gasteiger partial charge in [0.2, 0.25) is 10.0 Å². The van der Waals surface area contributed by atoms with E-state index in [4.69, 9.17) is 4.74 Å². The molecule has 0 spiro atoms. The van der Waals surface area contributed by atoms with Crippen LogP contribution in [0.15, 0.2) is 0 Å². The molecule has 0 aromatic heterocycles. The van der Waals surface area contributed by atoms with Crippen LogP contribution in [0, 0.1) is 11.8 Å². The molecule has 3 saturated heterocycles. The molecular formula is C16H31N3O3S. The van der Waals surface area contributed by atoms with Gasteiger partial charge < -0.3 is 10.1 Å². The molecule has 1 unspecified atom stereocenters. The molecule has 3 fully saturated rings. The molecule has 0 bridgehead atoms. The van der Waals surface area contributed by atoms with Gasteiger partial charge >= 0.3 is 0 Å². The molecule has 0 amide bonds. The smallest absolute Gasteiger partial charge is 0.214 e. The minimum absolute atomic E-state index is 0.292. The van der Waals surface area contributed by atoms with E-state index in [1.807, 2.05) is 0 Å². The molecule has 6 nitrogen and oxygen atoms in total. The van der Waals surface area contributed by atoms with Crippen molar-refractivity contribution in [2.45, 2.75) is 25.7 Å². The zero-order valence-corrected chi connectivity index (χ0v) is 14.9. The summed E-state index contributed by atoms with van der Waals surface area (Å²) < 4.78 is 32.1. The highest BCUT2D eigenvalue weighted by Gasteiger charge is 2.32. The number of nitrogens with one attached hydrogen (secondary N) is 1. The molecule has 0 radical (unpaired) electrons. The molecule has 0 saturated carbocycles. The molecule has 3 rings (SSSR count). The number of piperidine rings is 1. The molecule has 3 aliphatic rings. The fraction of sp³-hybridized carbons (Fsp3) is 1.00. The molecule has 0 aromatic rings. The van der Waals surface area contributed by atoms with Crippen molar-refractivity contribution >= 4 is 10.0 Å². The highest BCUT2D eigenvalue weighted by atomic mass is 32.2. The minimum Gasteiger partial charge on any atom is -0.379 e. The number of morpholine rings is 1. The summed E-state index contributed by atoms with van der Waals surface area (Å²) in [5.41, 5.74) is 0. The maximum atomic E-state index is 12.5. The number of nitrogens with zero attached hydrogens (tertiary/aromatic N) is 2. The van der Waals surface area contributed by atoms with E-state index in [1.165, 1.54) is 6.42 Å². The molecule has 3 heterocycles. The average Bonchev–Trinajstić information content (AvgIpc) is 3.10. The number of rotatable bonds is 6. The van der Waals surface area contributed by atoms with Crippen LogP contribution in [0.4, 0.5) is 0 Å². The maximum Gasteiger partial charge on any atom is 0.214 e. The van der Waals surface area contributed by atoms with E-state index in [0.29, 0.717) is 11.7 Å². The first kappa shape index (κ1) is 17.6. The van der Waals surface area contributed by atoms with Crippen LogP contribution in [0.1, 0.15) is 25.7 Å². The van der Waals surface area contributed by atoms with Crippen LogP contribution >= 0.6 is 0 Å². The summed E-state index contributed by atoms with van der Waals surface area (Å²) in [4.78, 5) is 2.30. The Labute approximate surface area is 140 Å². The molecule has 23 heavy (non-hydrogen) atoms. The SMILES string of the molecule is O=S(=O)(CCCN1CCOCC1)N1CCC(C2CCNC2)CC1. The van der Waals surface area contributed by atoms with Crippen molar-refractivity contribution in [3.63, 3.8) is 0 Å². The first-order valence-corrected chi connectivity index (χ1v) is 10.7. The summed E-state index contributed by atoms with van der Waals surface area (Å²) in [7, 11) is -3.07. The van der Waals surface area contributed by atoms with Gasteiger partial charge in [-0.2, -0.15) is 0 Å². The number of hydrogen-bond donors (Lipinski definition) is 1. The summed E-state index contributed by atoms with van der Waals surface area (Å²) >= 11 is 0. The molecule has 0 aliphatic carbocycles. The van der Waals surface area contributed by atoms with E-state index < -0.39 is 10.0 Å². The van der Waals surface area contributed by atoms with Crippen molar-refractivity contribution in [3.05, 3.63) is 0 Å². The molecule has 1 atom stereocenters. The van der Waals surface area contributed by atoms with Gasteiger partial charge in [0.25, 0.3) is 0 Å². The van der Waals surface area contributed by atoms with Gasteiger partial charge in [0.15, 0.2) is 0 Å². The average molecular weight is 346 g/mol. The van der Waals surface area contributed by atoms with Crippen molar-refractivity contribution in [2.75, 3.05) is 64.8 Å². The highest BCUT2D eigenvalue weighted by molar-refractivity contribution is 7.89. The first-order chi connectivity index (χ1) is 11.1. The van der Waals surface area contributed by atoms with E-state index in [2.05, 4.69) is 10.2 Å². The Balaban J connectivity index is 1.39. The summed E-state index contributed by atoms with van der Waals surface area (Å²) in [6.45, 7) is 7.98. The maximum absolute atomic E-state index is 12.5. The lowest BCUT2D eigenvalue weighted by Crippen LogP contribution is -2.42. The lowest BCUT2D eigenvalue weighted by molar-refractivity contribution is 0.0380. The molecule has 1 N–H and O–H groups in total. The fourth-order valence-electron chi connectivity index (χ4n) is 4.13. The third-order valence-corrected chi connectivity index (χ3v) is 7.59.